The molecule has 1 aromatic carbocycles. The highest BCUT2D eigenvalue weighted by atomic mass is 32.1. The summed E-state index contributed by atoms with van der Waals surface area (Å²) >= 11 is 1.54. The third kappa shape index (κ3) is 6.31. The molecular weight excluding hydrogens is 410 g/mol. The van der Waals surface area contributed by atoms with Crippen LogP contribution in [-0.4, -0.2) is 37.5 Å². The largest absolute Gasteiger partial charge is 0.494 e. The maximum Gasteiger partial charge on any atom is 0.268 e. The van der Waals surface area contributed by atoms with Crippen molar-refractivity contribution in [2.24, 2.45) is 0 Å². The molecule has 6 nitrogen and oxygen atoms in total. The second-order valence-electron chi connectivity index (χ2n) is 8.14. The van der Waals surface area contributed by atoms with Crippen molar-refractivity contribution < 1.29 is 14.3 Å². The maximum absolute atomic E-state index is 12.9. The third-order valence-electron chi connectivity index (χ3n) is 5.33. The number of unbranched alkanes of at least 4 members (excludes halogenated alkanes) is 2. The zero-order chi connectivity index (χ0) is 22.2. The topological polar surface area (TPSA) is 70.7 Å². The fraction of sp³-hybridized carbons (Fsp3) is 0.500. The summed E-state index contributed by atoms with van der Waals surface area (Å²) in [7, 11) is 3.57. The van der Waals surface area contributed by atoms with Crippen LogP contribution in [0.4, 0.5) is 5.00 Å². The lowest BCUT2D eigenvalue weighted by molar-refractivity contribution is 0.0857. The number of hydrazine groups is 1. The van der Waals surface area contributed by atoms with Crippen molar-refractivity contribution in [3.05, 3.63) is 45.8 Å². The molecule has 31 heavy (non-hydrogen) atoms. The van der Waals surface area contributed by atoms with Gasteiger partial charge in [-0.25, -0.2) is 5.01 Å². The van der Waals surface area contributed by atoms with Crippen LogP contribution in [0.1, 0.15) is 76.6 Å². The van der Waals surface area contributed by atoms with Gasteiger partial charge in [0.1, 0.15) is 10.8 Å². The van der Waals surface area contributed by atoms with Crippen molar-refractivity contribution in [1.82, 2.24) is 10.4 Å². The number of ether oxygens (including phenoxy) is 1. The van der Waals surface area contributed by atoms with Crippen molar-refractivity contribution in [3.63, 3.8) is 0 Å². The number of carbonyl (C=O) groups is 2. The van der Waals surface area contributed by atoms with E-state index in [1.165, 1.54) is 22.6 Å². The highest BCUT2D eigenvalue weighted by molar-refractivity contribution is 7.17. The van der Waals surface area contributed by atoms with E-state index in [9.17, 15) is 9.59 Å². The molecule has 1 aliphatic rings. The lowest BCUT2D eigenvalue weighted by Gasteiger charge is -2.14. The summed E-state index contributed by atoms with van der Waals surface area (Å²) in [4.78, 5) is 27.0. The zero-order valence-electron chi connectivity index (χ0n) is 18.8. The van der Waals surface area contributed by atoms with Gasteiger partial charge in [-0.2, -0.15) is 0 Å². The maximum atomic E-state index is 12.9. The van der Waals surface area contributed by atoms with Gasteiger partial charge >= 0.3 is 0 Å². The Bertz CT molecular complexity index is 890. The molecule has 0 aliphatic heterocycles. The van der Waals surface area contributed by atoms with Crippen molar-refractivity contribution >= 4 is 28.2 Å². The van der Waals surface area contributed by atoms with Gasteiger partial charge in [0.15, 0.2) is 0 Å². The molecule has 0 saturated carbocycles. The fourth-order valence-corrected chi connectivity index (χ4v) is 5.03. The predicted molar refractivity (Wildman–Crippen MR) is 126 cm³/mol. The summed E-state index contributed by atoms with van der Waals surface area (Å²) in [5, 5.41) is 5.27. The molecule has 0 bridgehead atoms. The predicted octanol–water partition coefficient (Wildman–Crippen LogP) is 5.04. The highest BCUT2D eigenvalue weighted by Gasteiger charge is 2.26. The minimum Gasteiger partial charge on any atom is -0.494 e. The lowest BCUT2D eigenvalue weighted by Crippen LogP contribution is -2.36. The number of hydrogen-bond donors (Lipinski definition) is 2. The number of hydrogen-bond acceptors (Lipinski definition) is 5. The highest BCUT2D eigenvalue weighted by Crippen LogP contribution is 2.37. The molecule has 0 fully saturated rings. The number of benzene rings is 1. The number of amides is 2. The first kappa shape index (κ1) is 23.3. The first-order chi connectivity index (χ1) is 15.0. The summed E-state index contributed by atoms with van der Waals surface area (Å²) in [6.07, 6.45) is 8.53. The molecule has 7 heteroatoms. The van der Waals surface area contributed by atoms with E-state index in [-0.39, 0.29) is 11.8 Å². The van der Waals surface area contributed by atoms with Gasteiger partial charge in [-0.15, -0.1) is 11.3 Å². The standard InChI is InChI=1S/C24H33N3O3S/c1-4-5-9-16-30-18-14-12-17(13-15-18)22(28)25-24-21(23(29)26-27(2)3)19-10-7-6-8-11-20(19)31-24/h12-15H,4-11,16H2,1-3H3,(H,25,28)(H,26,29). The Morgan fingerprint density at radius 3 is 2.48 bits per heavy atom. The summed E-state index contributed by atoms with van der Waals surface area (Å²) in [6.45, 7) is 2.85. The number of aryl methyl sites for hydroxylation is 1. The van der Waals surface area contributed by atoms with Crippen molar-refractivity contribution in [2.45, 2.75) is 58.3 Å². The van der Waals surface area contributed by atoms with E-state index in [1.54, 1.807) is 31.2 Å². The third-order valence-corrected chi connectivity index (χ3v) is 6.54. The van der Waals surface area contributed by atoms with E-state index in [0.717, 1.165) is 56.3 Å². The normalized spacial score (nSPS) is 13.4. The van der Waals surface area contributed by atoms with Crippen molar-refractivity contribution in [1.29, 1.82) is 0 Å². The Morgan fingerprint density at radius 1 is 1.03 bits per heavy atom. The van der Waals surface area contributed by atoms with Crippen molar-refractivity contribution in [2.75, 3.05) is 26.0 Å². The molecule has 0 unspecified atom stereocenters. The van der Waals surface area contributed by atoms with E-state index in [2.05, 4.69) is 17.7 Å². The lowest BCUT2D eigenvalue weighted by atomic mass is 10.0. The quantitative estimate of drug-likeness (QED) is 0.323. The molecule has 0 saturated heterocycles. The monoisotopic (exact) mass is 443 g/mol. The summed E-state index contributed by atoms with van der Waals surface area (Å²) in [5.74, 6) is 0.380. The average molecular weight is 444 g/mol. The first-order valence-corrected chi connectivity index (χ1v) is 12.0. The number of carbonyl (C=O) groups excluding carboxylic acids is 2. The smallest absolute Gasteiger partial charge is 0.268 e. The minimum atomic E-state index is -0.215. The zero-order valence-corrected chi connectivity index (χ0v) is 19.6. The molecule has 0 atom stereocenters. The number of thiophene rings is 1. The van der Waals surface area contributed by atoms with Crippen LogP contribution < -0.4 is 15.5 Å². The molecule has 2 amide bonds. The Balaban J connectivity index is 1.75. The number of anilines is 1. The van der Waals surface area contributed by atoms with Crippen LogP contribution in [0.2, 0.25) is 0 Å². The molecule has 0 spiro atoms. The Hall–Kier alpha value is -2.38. The van der Waals surface area contributed by atoms with Crippen LogP contribution in [0.25, 0.3) is 0 Å². The first-order valence-electron chi connectivity index (χ1n) is 11.2. The second-order valence-corrected chi connectivity index (χ2v) is 9.24. The average Bonchev–Trinajstić information content (AvgIpc) is 2.91. The van der Waals surface area contributed by atoms with Gasteiger partial charge in [0.25, 0.3) is 11.8 Å². The van der Waals surface area contributed by atoms with E-state index in [1.807, 2.05) is 12.1 Å². The molecule has 1 aromatic heterocycles. The van der Waals surface area contributed by atoms with Crippen LogP contribution >= 0.6 is 11.3 Å². The van der Waals surface area contributed by atoms with Gasteiger partial charge in [-0.05, 0) is 61.9 Å². The summed E-state index contributed by atoms with van der Waals surface area (Å²) in [5.41, 5.74) is 5.08. The number of nitrogens with one attached hydrogen (secondary N) is 2. The van der Waals surface area contributed by atoms with E-state index < -0.39 is 0 Å². The Kier molecular flexibility index (Phi) is 8.49. The molecular formula is C24H33N3O3S. The molecule has 0 radical (unpaired) electrons. The van der Waals surface area contributed by atoms with Gasteiger partial charge in [-0.3, -0.25) is 15.0 Å². The molecule has 2 aromatic rings. The number of nitrogens with zero attached hydrogens (tertiary/aromatic N) is 1. The summed E-state index contributed by atoms with van der Waals surface area (Å²) < 4.78 is 5.73. The molecule has 1 aliphatic carbocycles. The van der Waals surface area contributed by atoms with Gasteiger partial charge in [0.05, 0.1) is 12.2 Å². The van der Waals surface area contributed by atoms with E-state index >= 15 is 0 Å². The molecule has 3 rings (SSSR count). The minimum absolute atomic E-state index is 0.171. The van der Waals surface area contributed by atoms with Gasteiger partial charge in [-0.1, -0.05) is 26.2 Å². The Morgan fingerprint density at radius 2 is 1.77 bits per heavy atom. The van der Waals surface area contributed by atoms with Crippen LogP contribution in [0, 0.1) is 0 Å². The molecule has 2 N–H and O–H groups in total. The number of fused-ring (bicyclic) bond motifs is 1. The van der Waals surface area contributed by atoms with Crippen LogP contribution in [-0.2, 0) is 12.8 Å². The van der Waals surface area contributed by atoms with Crippen molar-refractivity contribution in [3.8, 4) is 5.75 Å². The number of rotatable bonds is 9. The fourth-order valence-electron chi connectivity index (χ4n) is 3.75. The van der Waals surface area contributed by atoms with E-state index in [0.29, 0.717) is 22.7 Å². The van der Waals surface area contributed by atoms with Crippen LogP contribution in [0.5, 0.6) is 5.75 Å². The second kappa shape index (κ2) is 11.3. The van der Waals surface area contributed by atoms with Gasteiger partial charge in [0.2, 0.25) is 0 Å². The summed E-state index contributed by atoms with van der Waals surface area (Å²) in [6, 6.07) is 7.18. The van der Waals surface area contributed by atoms with Crippen LogP contribution in [0.3, 0.4) is 0 Å². The SMILES string of the molecule is CCCCCOc1ccc(C(=O)Nc2sc3c(c2C(=O)NN(C)C)CCCCC3)cc1. The van der Waals surface area contributed by atoms with E-state index in [4.69, 9.17) is 4.74 Å². The van der Waals surface area contributed by atoms with Gasteiger partial charge < -0.3 is 10.1 Å². The molecule has 168 valence electrons. The van der Waals surface area contributed by atoms with Crippen LogP contribution in [0.15, 0.2) is 24.3 Å². The Labute approximate surface area is 188 Å². The molecule has 1 heterocycles. The van der Waals surface area contributed by atoms with Gasteiger partial charge in [0, 0.05) is 24.5 Å².